The lowest BCUT2D eigenvalue weighted by Gasteiger charge is -2.37. The van der Waals surface area contributed by atoms with E-state index in [4.69, 9.17) is 0 Å². The summed E-state index contributed by atoms with van der Waals surface area (Å²) in [5.74, 6) is -0.165. The topological polar surface area (TPSA) is 74.6 Å². The predicted octanol–water partition coefficient (Wildman–Crippen LogP) is 2.11. The maximum absolute atomic E-state index is 13.9. The monoisotopic (exact) mass is 498 g/mol. The molecule has 0 radical (unpaired) electrons. The van der Waals surface area contributed by atoms with Gasteiger partial charge in [0.15, 0.2) is 0 Å². The van der Waals surface area contributed by atoms with Crippen molar-refractivity contribution >= 4 is 10.0 Å². The molecule has 3 heterocycles. The van der Waals surface area contributed by atoms with E-state index in [9.17, 15) is 12.8 Å². The SMILES string of the molecule is Cc1cccc(CN2CCN(C3CN(Cc4cn(Cc5ccccc5F)nn4)S(=O)(=O)C3)CC2)c1. The lowest BCUT2D eigenvalue weighted by atomic mass is 10.1. The molecule has 0 aliphatic carbocycles. The summed E-state index contributed by atoms with van der Waals surface area (Å²) < 4.78 is 42.7. The van der Waals surface area contributed by atoms with E-state index in [-0.39, 0.29) is 30.7 Å². The number of benzene rings is 2. The van der Waals surface area contributed by atoms with Crippen LogP contribution >= 0.6 is 0 Å². The Kier molecular flexibility index (Phi) is 6.97. The lowest BCUT2D eigenvalue weighted by Crippen LogP contribution is -2.51. The van der Waals surface area contributed by atoms with Gasteiger partial charge in [-0.15, -0.1) is 5.10 Å². The molecule has 186 valence electrons. The van der Waals surface area contributed by atoms with E-state index in [2.05, 4.69) is 51.3 Å². The smallest absolute Gasteiger partial charge is 0.216 e. The fourth-order valence-corrected chi connectivity index (χ4v) is 6.70. The zero-order valence-electron chi connectivity index (χ0n) is 19.9. The molecular weight excluding hydrogens is 467 g/mol. The molecule has 35 heavy (non-hydrogen) atoms. The summed E-state index contributed by atoms with van der Waals surface area (Å²) in [6.07, 6.45) is 1.69. The van der Waals surface area contributed by atoms with Gasteiger partial charge in [-0.1, -0.05) is 53.2 Å². The molecule has 0 bridgehead atoms. The van der Waals surface area contributed by atoms with E-state index in [0.717, 1.165) is 32.7 Å². The third-order valence-corrected chi connectivity index (χ3v) is 8.71. The van der Waals surface area contributed by atoms with Gasteiger partial charge in [-0.2, -0.15) is 4.31 Å². The molecule has 2 aromatic carbocycles. The third kappa shape index (κ3) is 5.78. The number of hydrogen-bond donors (Lipinski definition) is 0. The van der Waals surface area contributed by atoms with E-state index in [1.165, 1.54) is 21.5 Å². The van der Waals surface area contributed by atoms with Gasteiger partial charge in [-0.3, -0.25) is 9.80 Å². The minimum atomic E-state index is -3.37. The fraction of sp³-hybridized carbons (Fsp3) is 0.440. The Morgan fingerprint density at radius 2 is 1.80 bits per heavy atom. The molecule has 0 N–H and O–H groups in total. The second-order valence-electron chi connectivity index (χ2n) is 9.52. The van der Waals surface area contributed by atoms with Crippen molar-refractivity contribution in [3.8, 4) is 0 Å². The molecule has 5 rings (SSSR count). The average Bonchev–Trinajstić information content (AvgIpc) is 3.39. The summed E-state index contributed by atoms with van der Waals surface area (Å²) >= 11 is 0. The number of nitrogens with zero attached hydrogens (tertiary/aromatic N) is 6. The van der Waals surface area contributed by atoms with Crippen LogP contribution < -0.4 is 0 Å². The summed E-state index contributed by atoms with van der Waals surface area (Å²) in [5.41, 5.74) is 3.66. The summed E-state index contributed by atoms with van der Waals surface area (Å²) in [6, 6.07) is 15.1. The quantitative estimate of drug-likeness (QED) is 0.497. The van der Waals surface area contributed by atoms with E-state index < -0.39 is 10.0 Å². The first-order valence-electron chi connectivity index (χ1n) is 12.0. The highest BCUT2D eigenvalue weighted by atomic mass is 32.2. The second kappa shape index (κ2) is 10.1. The van der Waals surface area contributed by atoms with Gasteiger partial charge in [0.1, 0.15) is 5.82 Å². The highest BCUT2D eigenvalue weighted by Gasteiger charge is 2.40. The van der Waals surface area contributed by atoms with Crippen LogP contribution in [-0.2, 0) is 29.7 Å². The molecule has 0 spiro atoms. The van der Waals surface area contributed by atoms with Gasteiger partial charge >= 0.3 is 0 Å². The van der Waals surface area contributed by atoms with E-state index in [0.29, 0.717) is 17.8 Å². The van der Waals surface area contributed by atoms with Gasteiger partial charge in [0.05, 0.1) is 30.7 Å². The zero-order chi connectivity index (χ0) is 24.4. The van der Waals surface area contributed by atoms with E-state index in [1.807, 2.05) is 0 Å². The third-order valence-electron chi connectivity index (χ3n) is 6.84. The first-order chi connectivity index (χ1) is 16.9. The first kappa shape index (κ1) is 24.1. The average molecular weight is 499 g/mol. The van der Waals surface area contributed by atoms with Crippen LogP contribution in [0.2, 0.25) is 0 Å². The number of hydrogen-bond acceptors (Lipinski definition) is 6. The molecule has 0 amide bonds. The molecular formula is C25H31FN6O2S. The predicted molar refractivity (Wildman–Crippen MR) is 132 cm³/mol. The highest BCUT2D eigenvalue weighted by molar-refractivity contribution is 7.89. The van der Waals surface area contributed by atoms with Crippen molar-refractivity contribution in [2.75, 3.05) is 38.5 Å². The molecule has 1 atom stereocenters. The maximum Gasteiger partial charge on any atom is 0.216 e. The number of sulfonamides is 1. The molecule has 1 aromatic heterocycles. The summed E-state index contributed by atoms with van der Waals surface area (Å²) in [4.78, 5) is 4.74. The molecule has 2 aliphatic heterocycles. The van der Waals surface area contributed by atoms with Crippen molar-refractivity contribution in [3.05, 3.63) is 82.9 Å². The molecule has 8 nitrogen and oxygen atoms in total. The largest absolute Gasteiger partial charge is 0.297 e. The van der Waals surface area contributed by atoms with Crippen molar-refractivity contribution in [2.45, 2.75) is 32.6 Å². The van der Waals surface area contributed by atoms with Crippen molar-refractivity contribution in [1.82, 2.24) is 29.1 Å². The van der Waals surface area contributed by atoms with Crippen LogP contribution in [-0.4, -0.2) is 82.0 Å². The maximum atomic E-state index is 13.9. The van der Waals surface area contributed by atoms with Crippen LogP contribution in [0, 0.1) is 12.7 Å². The Hall–Kier alpha value is -2.66. The Morgan fingerprint density at radius 1 is 1.00 bits per heavy atom. The van der Waals surface area contributed by atoms with Crippen LogP contribution in [0.3, 0.4) is 0 Å². The Labute approximate surface area is 206 Å². The van der Waals surface area contributed by atoms with Gasteiger partial charge in [-0.25, -0.2) is 17.5 Å². The van der Waals surface area contributed by atoms with Crippen LogP contribution in [0.25, 0.3) is 0 Å². The normalized spacial score (nSPS) is 21.5. The van der Waals surface area contributed by atoms with Crippen LogP contribution in [0.1, 0.15) is 22.4 Å². The lowest BCUT2D eigenvalue weighted by molar-refractivity contribution is 0.0966. The molecule has 2 fully saturated rings. The number of aromatic nitrogens is 3. The van der Waals surface area contributed by atoms with Crippen molar-refractivity contribution in [1.29, 1.82) is 0 Å². The summed E-state index contributed by atoms with van der Waals surface area (Å²) in [5, 5.41) is 8.19. The standard InChI is InChI=1S/C25H31FN6O2S/c1-20-5-4-6-21(13-20)14-29-9-11-30(12-10-29)24-18-32(35(33,34)19-24)17-23-16-31(28-27-23)15-22-7-2-3-8-25(22)26/h2-8,13,16,24H,9-12,14-15,17-19H2,1H3. The molecule has 2 aliphatic rings. The molecule has 10 heteroatoms. The van der Waals surface area contributed by atoms with E-state index in [1.54, 1.807) is 29.1 Å². The molecule has 3 aromatic rings. The zero-order valence-corrected chi connectivity index (χ0v) is 20.7. The van der Waals surface area contributed by atoms with Gasteiger partial charge in [0.2, 0.25) is 10.0 Å². The van der Waals surface area contributed by atoms with Gasteiger partial charge in [0, 0.05) is 50.9 Å². The second-order valence-corrected chi connectivity index (χ2v) is 11.5. The Morgan fingerprint density at radius 3 is 2.57 bits per heavy atom. The fourth-order valence-electron chi connectivity index (χ4n) is 4.96. The minimum absolute atomic E-state index is 0.0189. The minimum Gasteiger partial charge on any atom is -0.297 e. The Balaban J connectivity index is 1.15. The molecule has 0 saturated carbocycles. The Bertz CT molecular complexity index is 1270. The van der Waals surface area contributed by atoms with Gasteiger partial charge in [-0.05, 0) is 18.6 Å². The van der Waals surface area contributed by atoms with Crippen LogP contribution in [0.4, 0.5) is 4.39 Å². The number of rotatable bonds is 7. The van der Waals surface area contributed by atoms with Crippen LogP contribution in [0.15, 0.2) is 54.7 Å². The van der Waals surface area contributed by atoms with Crippen LogP contribution in [0.5, 0.6) is 0 Å². The summed E-state index contributed by atoms with van der Waals surface area (Å²) in [6.45, 7) is 7.50. The van der Waals surface area contributed by atoms with Crippen molar-refractivity contribution in [2.24, 2.45) is 0 Å². The van der Waals surface area contributed by atoms with Gasteiger partial charge in [0.25, 0.3) is 0 Å². The molecule has 1 unspecified atom stereocenters. The van der Waals surface area contributed by atoms with Crippen molar-refractivity contribution < 1.29 is 12.8 Å². The van der Waals surface area contributed by atoms with E-state index >= 15 is 0 Å². The van der Waals surface area contributed by atoms with Gasteiger partial charge < -0.3 is 0 Å². The van der Waals surface area contributed by atoms with Crippen molar-refractivity contribution in [3.63, 3.8) is 0 Å². The molecule has 2 saturated heterocycles. The summed E-state index contributed by atoms with van der Waals surface area (Å²) in [7, 11) is -3.37. The first-order valence-corrected chi connectivity index (χ1v) is 13.6. The number of aryl methyl sites for hydroxylation is 1. The highest BCUT2D eigenvalue weighted by Crippen LogP contribution is 2.22. The number of piperazine rings is 1. The number of halogens is 1.